The predicted molar refractivity (Wildman–Crippen MR) is 78.8 cm³/mol. The van der Waals surface area contributed by atoms with E-state index in [4.69, 9.17) is 0 Å². The molecule has 0 aliphatic heterocycles. The molecule has 106 valence electrons. The van der Waals surface area contributed by atoms with Gasteiger partial charge in [0.15, 0.2) is 0 Å². The van der Waals surface area contributed by atoms with E-state index < -0.39 is 0 Å². The minimum absolute atomic E-state index is 0.129. The van der Waals surface area contributed by atoms with Gasteiger partial charge in [-0.3, -0.25) is 4.90 Å². The van der Waals surface area contributed by atoms with E-state index in [0.29, 0.717) is 13.0 Å². The highest BCUT2D eigenvalue weighted by atomic mass is 19.1. The summed E-state index contributed by atoms with van der Waals surface area (Å²) < 4.78 is 13.2. The van der Waals surface area contributed by atoms with E-state index >= 15 is 0 Å². The fourth-order valence-corrected chi connectivity index (χ4v) is 2.47. The molecule has 0 radical (unpaired) electrons. The number of hydrogen-bond acceptors (Lipinski definition) is 2. The maximum absolute atomic E-state index is 13.2. The van der Waals surface area contributed by atoms with Gasteiger partial charge in [0.05, 0.1) is 0 Å². The van der Waals surface area contributed by atoms with Crippen LogP contribution in [0.5, 0.6) is 0 Å². The first-order valence-electron chi connectivity index (χ1n) is 6.81. The molecular formula is C17H20FNO. The Hall–Kier alpha value is -1.71. The summed E-state index contributed by atoms with van der Waals surface area (Å²) in [5.41, 5.74) is 2.10. The maximum atomic E-state index is 13.2. The van der Waals surface area contributed by atoms with Crippen molar-refractivity contribution in [3.63, 3.8) is 0 Å². The Morgan fingerprint density at radius 3 is 2.50 bits per heavy atom. The number of aliphatic hydroxyl groups is 1. The Balaban J connectivity index is 2.13. The molecule has 1 unspecified atom stereocenters. The van der Waals surface area contributed by atoms with Crippen molar-refractivity contribution in [1.29, 1.82) is 0 Å². The lowest BCUT2D eigenvalue weighted by molar-refractivity contribution is 0.180. The lowest BCUT2D eigenvalue weighted by atomic mass is 10.0. The van der Waals surface area contributed by atoms with Gasteiger partial charge < -0.3 is 5.11 Å². The highest BCUT2D eigenvalue weighted by Gasteiger charge is 2.16. The lowest BCUT2D eigenvalue weighted by Crippen LogP contribution is -2.25. The van der Waals surface area contributed by atoms with Crippen LogP contribution in [0.25, 0.3) is 0 Å². The summed E-state index contributed by atoms with van der Waals surface area (Å²) in [7, 11) is 2.00. The molecule has 2 rings (SSSR count). The van der Waals surface area contributed by atoms with Crippen molar-refractivity contribution in [3.05, 3.63) is 71.5 Å². The second-order valence-corrected chi connectivity index (χ2v) is 4.98. The van der Waals surface area contributed by atoms with Crippen LogP contribution in [0.15, 0.2) is 54.6 Å². The molecule has 3 heteroatoms. The minimum Gasteiger partial charge on any atom is -0.396 e. The van der Waals surface area contributed by atoms with Gasteiger partial charge in [-0.05, 0) is 36.7 Å². The standard InChI is InChI=1S/C17H20FNO/c1-19(13-14-6-5-9-16(18)12-14)17(10-11-20)15-7-3-2-4-8-15/h2-9,12,17,20H,10-11,13H2,1H3. The second kappa shape index (κ2) is 7.17. The molecule has 1 atom stereocenters. The number of hydrogen-bond donors (Lipinski definition) is 1. The van der Waals surface area contributed by atoms with E-state index in [0.717, 1.165) is 5.56 Å². The monoisotopic (exact) mass is 273 g/mol. The third-order valence-corrected chi connectivity index (χ3v) is 3.44. The van der Waals surface area contributed by atoms with Crippen LogP contribution in [0.4, 0.5) is 4.39 Å². The third-order valence-electron chi connectivity index (χ3n) is 3.44. The molecule has 1 N–H and O–H groups in total. The molecule has 0 amide bonds. The first-order chi connectivity index (χ1) is 9.70. The molecule has 0 aromatic heterocycles. The third kappa shape index (κ3) is 3.89. The van der Waals surface area contributed by atoms with Gasteiger partial charge in [-0.1, -0.05) is 42.5 Å². The van der Waals surface area contributed by atoms with Crippen molar-refractivity contribution in [2.24, 2.45) is 0 Å². The van der Waals surface area contributed by atoms with Gasteiger partial charge in [-0.25, -0.2) is 4.39 Å². The number of halogens is 1. The zero-order valence-electron chi connectivity index (χ0n) is 11.7. The van der Waals surface area contributed by atoms with Gasteiger partial charge in [-0.15, -0.1) is 0 Å². The van der Waals surface area contributed by atoms with Crippen molar-refractivity contribution in [3.8, 4) is 0 Å². The quantitative estimate of drug-likeness (QED) is 0.872. The smallest absolute Gasteiger partial charge is 0.123 e. The summed E-state index contributed by atoms with van der Waals surface area (Å²) in [5, 5.41) is 9.27. The first kappa shape index (κ1) is 14.7. The van der Waals surface area contributed by atoms with Crippen LogP contribution >= 0.6 is 0 Å². The molecule has 2 aromatic carbocycles. The Morgan fingerprint density at radius 2 is 1.85 bits per heavy atom. The Kier molecular flexibility index (Phi) is 5.27. The van der Waals surface area contributed by atoms with E-state index in [9.17, 15) is 9.50 Å². The van der Waals surface area contributed by atoms with E-state index in [-0.39, 0.29) is 18.5 Å². The lowest BCUT2D eigenvalue weighted by Gasteiger charge is -2.28. The van der Waals surface area contributed by atoms with E-state index in [2.05, 4.69) is 17.0 Å². The molecule has 2 aromatic rings. The van der Waals surface area contributed by atoms with Gasteiger partial charge in [0.25, 0.3) is 0 Å². The van der Waals surface area contributed by atoms with Crippen molar-refractivity contribution in [2.75, 3.05) is 13.7 Å². The zero-order valence-corrected chi connectivity index (χ0v) is 11.7. The topological polar surface area (TPSA) is 23.5 Å². The Bertz CT molecular complexity index is 530. The van der Waals surface area contributed by atoms with Crippen molar-refractivity contribution in [1.82, 2.24) is 4.90 Å². The highest BCUT2D eigenvalue weighted by Crippen LogP contribution is 2.24. The average Bonchev–Trinajstić information content (AvgIpc) is 2.45. The zero-order chi connectivity index (χ0) is 14.4. The van der Waals surface area contributed by atoms with Crippen LogP contribution in [-0.2, 0) is 6.54 Å². The van der Waals surface area contributed by atoms with Crippen LogP contribution in [0, 0.1) is 5.82 Å². The SMILES string of the molecule is CN(Cc1cccc(F)c1)C(CCO)c1ccccc1. The fourth-order valence-electron chi connectivity index (χ4n) is 2.47. The van der Waals surface area contributed by atoms with E-state index in [1.165, 1.54) is 11.6 Å². The minimum atomic E-state index is -0.214. The molecule has 0 aliphatic rings. The van der Waals surface area contributed by atoms with Crippen LogP contribution < -0.4 is 0 Å². The van der Waals surface area contributed by atoms with Crippen LogP contribution in [0.2, 0.25) is 0 Å². The highest BCUT2D eigenvalue weighted by molar-refractivity contribution is 5.20. The average molecular weight is 273 g/mol. The number of benzene rings is 2. The van der Waals surface area contributed by atoms with E-state index in [1.54, 1.807) is 12.1 Å². The van der Waals surface area contributed by atoms with Gasteiger partial charge in [0.2, 0.25) is 0 Å². The molecule has 0 bridgehead atoms. The summed E-state index contributed by atoms with van der Waals surface area (Å²) in [6.07, 6.45) is 0.663. The molecule has 0 spiro atoms. The first-order valence-corrected chi connectivity index (χ1v) is 6.81. The number of nitrogens with zero attached hydrogens (tertiary/aromatic N) is 1. The summed E-state index contributed by atoms with van der Waals surface area (Å²) in [5.74, 6) is -0.214. The van der Waals surface area contributed by atoms with Crippen molar-refractivity contribution >= 4 is 0 Å². The van der Waals surface area contributed by atoms with Gasteiger partial charge in [0.1, 0.15) is 5.82 Å². The molecule has 0 saturated carbocycles. The number of aliphatic hydroxyl groups excluding tert-OH is 1. The second-order valence-electron chi connectivity index (χ2n) is 4.98. The van der Waals surface area contributed by atoms with E-state index in [1.807, 2.05) is 31.3 Å². The molecule has 20 heavy (non-hydrogen) atoms. The van der Waals surface area contributed by atoms with Crippen LogP contribution in [0.3, 0.4) is 0 Å². The molecule has 2 nitrogen and oxygen atoms in total. The van der Waals surface area contributed by atoms with Crippen molar-refractivity contribution in [2.45, 2.75) is 19.0 Å². The summed E-state index contributed by atoms with van der Waals surface area (Å²) in [4.78, 5) is 2.14. The van der Waals surface area contributed by atoms with Gasteiger partial charge in [-0.2, -0.15) is 0 Å². The molecular weight excluding hydrogens is 253 g/mol. The predicted octanol–water partition coefficient (Wildman–Crippen LogP) is 3.38. The molecule has 0 aliphatic carbocycles. The normalized spacial score (nSPS) is 12.6. The maximum Gasteiger partial charge on any atom is 0.123 e. The number of rotatable bonds is 6. The Morgan fingerprint density at radius 1 is 1.10 bits per heavy atom. The molecule has 0 heterocycles. The van der Waals surface area contributed by atoms with Crippen molar-refractivity contribution < 1.29 is 9.50 Å². The van der Waals surface area contributed by atoms with Crippen LogP contribution in [0.1, 0.15) is 23.6 Å². The fraction of sp³-hybridized carbons (Fsp3) is 0.294. The Labute approximate surface area is 119 Å². The largest absolute Gasteiger partial charge is 0.396 e. The van der Waals surface area contributed by atoms with Gasteiger partial charge in [0, 0.05) is 19.2 Å². The van der Waals surface area contributed by atoms with Crippen LogP contribution in [-0.4, -0.2) is 23.7 Å². The molecule has 0 saturated heterocycles. The summed E-state index contributed by atoms with van der Waals surface area (Å²) >= 11 is 0. The molecule has 0 fully saturated rings. The van der Waals surface area contributed by atoms with Gasteiger partial charge >= 0.3 is 0 Å². The summed E-state index contributed by atoms with van der Waals surface area (Å²) in [6.45, 7) is 0.782. The summed E-state index contributed by atoms with van der Waals surface area (Å²) in [6, 6.07) is 16.9.